The second-order valence-corrected chi connectivity index (χ2v) is 9.08. The monoisotopic (exact) mass is 461 g/mol. The van der Waals surface area contributed by atoms with Gasteiger partial charge in [-0.15, -0.1) is 13.2 Å². The number of rotatable bonds is 5. The van der Waals surface area contributed by atoms with E-state index >= 15 is 0 Å². The number of carboxylic acid groups (broad SMARTS) is 1. The standard InChI is InChI=1S/C25H26F3NO4/c1-14(2)29-20-12-17(15(3)10-19(20)24(4,5)13-22(29)30)18-11-16(7-9-23(31)32)6-8-21(18)33-25(26,27)28/h6-12,14H,13H2,1-5H3,(H,31,32)/b9-7+. The maximum Gasteiger partial charge on any atom is 0.573 e. The topological polar surface area (TPSA) is 66.8 Å². The van der Waals surface area contributed by atoms with Gasteiger partial charge in [-0.05, 0) is 67.3 Å². The molecule has 1 amide bonds. The number of carboxylic acids is 1. The largest absolute Gasteiger partial charge is 0.573 e. The highest BCUT2D eigenvalue weighted by Gasteiger charge is 2.38. The Labute approximate surface area is 190 Å². The molecule has 0 spiro atoms. The van der Waals surface area contributed by atoms with E-state index in [1.54, 1.807) is 17.9 Å². The van der Waals surface area contributed by atoms with Gasteiger partial charge in [-0.25, -0.2) is 4.79 Å². The van der Waals surface area contributed by atoms with Crippen LogP contribution in [0.1, 0.15) is 50.8 Å². The molecule has 33 heavy (non-hydrogen) atoms. The highest BCUT2D eigenvalue weighted by molar-refractivity contribution is 5.99. The zero-order valence-corrected chi connectivity index (χ0v) is 19.1. The van der Waals surface area contributed by atoms with Crippen LogP contribution in [-0.4, -0.2) is 29.4 Å². The van der Waals surface area contributed by atoms with Crippen LogP contribution < -0.4 is 9.64 Å². The van der Waals surface area contributed by atoms with E-state index in [0.29, 0.717) is 28.8 Å². The molecule has 8 heteroatoms. The van der Waals surface area contributed by atoms with Gasteiger partial charge < -0.3 is 14.7 Å². The molecule has 0 atom stereocenters. The number of halogens is 3. The number of nitrogens with zero attached hydrogens (tertiary/aromatic N) is 1. The van der Waals surface area contributed by atoms with Crippen LogP contribution in [0.15, 0.2) is 36.4 Å². The number of carbonyl (C=O) groups excluding carboxylic acids is 1. The van der Waals surface area contributed by atoms with Gasteiger partial charge in [-0.1, -0.05) is 26.0 Å². The predicted octanol–water partition coefficient (Wildman–Crippen LogP) is 6.08. The number of hydrogen-bond acceptors (Lipinski definition) is 3. The maximum absolute atomic E-state index is 13.1. The van der Waals surface area contributed by atoms with Crippen LogP contribution >= 0.6 is 0 Å². The molecule has 5 nitrogen and oxygen atoms in total. The molecule has 3 rings (SSSR count). The zero-order valence-electron chi connectivity index (χ0n) is 19.1. The molecule has 2 aromatic rings. The van der Waals surface area contributed by atoms with Crippen molar-refractivity contribution in [2.45, 2.75) is 58.9 Å². The Kier molecular flexibility index (Phi) is 6.33. The van der Waals surface area contributed by atoms with Crippen molar-refractivity contribution < 1.29 is 32.6 Å². The number of anilines is 1. The van der Waals surface area contributed by atoms with Crippen molar-refractivity contribution in [3.05, 3.63) is 53.1 Å². The van der Waals surface area contributed by atoms with Gasteiger partial charge in [-0.2, -0.15) is 0 Å². The van der Waals surface area contributed by atoms with Gasteiger partial charge >= 0.3 is 12.3 Å². The van der Waals surface area contributed by atoms with Crippen molar-refractivity contribution in [2.24, 2.45) is 0 Å². The smallest absolute Gasteiger partial charge is 0.478 e. The van der Waals surface area contributed by atoms with Crippen LogP contribution in [0.2, 0.25) is 0 Å². The van der Waals surface area contributed by atoms with E-state index < -0.39 is 23.5 Å². The van der Waals surface area contributed by atoms with E-state index in [1.807, 2.05) is 33.8 Å². The summed E-state index contributed by atoms with van der Waals surface area (Å²) in [4.78, 5) is 25.5. The SMILES string of the molecule is Cc1cc2c(cc1-c1cc(/C=C/C(=O)O)ccc1OC(F)(F)F)N(C(C)C)C(=O)CC2(C)C. The molecule has 2 aromatic carbocycles. The average Bonchev–Trinajstić information content (AvgIpc) is 2.65. The third-order valence-electron chi connectivity index (χ3n) is 5.65. The summed E-state index contributed by atoms with van der Waals surface area (Å²) in [6.45, 7) is 9.50. The highest BCUT2D eigenvalue weighted by Crippen LogP contribution is 2.46. The summed E-state index contributed by atoms with van der Waals surface area (Å²) in [5.41, 5.74) is 2.89. The van der Waals surface area contributed by atoms with Crippen LogP contribution in [-0.2, 0) is 15.0 Å². The van der Waals surface area contributed by atoms with Gasteiger partial charge in [-0.3, -0.25) is 4.79 Å². The first kappa shape index (κ1) is 24.4. The minimum absolute atomic E-state index is 0.0535. The number of ether oxygens (including phenoxy) is 1. The molecule has 0 aliphatic carbocycles. The van der Waals surface area contributed by atoms with Crippen molar-refractivity contribution >= 4 is 23.6 Å². The summed E-state index contributed by atoms with van der Waals surface area (Å²) in [5, 5.41) is 8.90. The molecule has 0 saturated heterocycles. The van der Waals surface area contributed by atoms with Crippen LogP contribution in [0.3, 0.4) is 0 Å². The summed E-state index contributed by atoms with van der Waals surface area (Å²) >= 11 is 0. The van der Waals surface area contributed by atoms with Crippen LogP contribution in [0, 0.1) is 6.92 Å². The first-order valence-electron chi connectivity index (χ1n) is 10.5. The first-order chi connectivity index (χ1) is 15.2. The quantitative estimate of drug-likeness (QED) is 0.548. The second-order valence-electron chi connectivity index (χ2n) is 9.08. The van der Waals surface area contributed by atoms with Crippen LogP contribution in [0.25, 0.3) is 17.2 Å². The molecule has 0 fully saturated rings. The normalized spacial score (nSPS) is 15.8. The number of amides is 1. The third-order valence-corrected chi connectivity index (χ3v) is 5.65. The Balaban J connectivity index is 2.28. The molecule has 0 saturated carbocycles. The Bertz CT molecular complexity index is 1130. The van der Waals surface area contributed by atoms with Gasteiger partial charge in [0.1, 0.15) is 5.75 Å². The van der Waals surface area contributed by atoms with Crippen molar-refractivity contribution in [3.8, 4) is 16.9 Å². The summed E-state index contributed by atoms with van der Waals surface area (Å²) in [7, 11) is 0. The number of hydrogen-bond donors (Lipinski definition) is 1. The molecule has 0 unspecified atom stereocenters. The Hall–Kier alpha value is -3.29. The lowest BCUT2D eigenvalue weighted by atomic mass is 9.75. The van der Waals surface area contributed by atoms with Gasteiger partial charge in [0.25, 0.3) is 0 Å². The van der Waals surface area contributed by atoms with Crippen LogP contribution in [0.5, 0.6) is 5.75 Å². The van der Waals surface area contributed by atoms with Crippen molar-refractivity contribution in [1.29, 1.82) is 0 Å². The number of fused-ring (bicyclic) bond motifs is 1. The first-order valence-corrected chi connectivity index (χ1v) is 10.5. The number of alkyl halides is 3. The summed E-state index contributed by atoms with van der Waals surface area (Å²) in [6, 6.07) is 7.46. The minimum Gasteiger partial charge on any atom is -0.478 e. The van der Waals surface area contributed by atoms with E-state index in [1.165, 1.54) is 24.3 Å². The molecule has 0 radical (unpaired) electrons. The Morgan fingerprint density at radius 1 is 1.18 bits per heavy atom. The van der Waals surface area contributed by atoms with E-state index in [0.717, 1.165) is 11.6 Å². The lowest BCUT2D eigenvalue weighted by molar-refractivity contribution is -0.274. The van der Waals surface area contributed by atoms with Gasteiger partial charge in [0.05, 0.1) is 0 Å². The van der Waals surface area contributed by atoms with E-state index in [-0.39, 0.29) is 17.5 Å². The molecule has 1 aliphatic rings. The molecule has 176 valence electrons. The highest BCUT2D eigenvalue weighted by atomic mass is 19.4. The van der Waals surface area contributed by atoms with E-state index in [9.17, 15) is 22.8 Å². The number of carbonyl (C=O) groups is 2. The molecule has 1 heterocycles. The van der Waals surface area contributed by atoms with Gasteiger partial charge in [0.15, 0.2) is 0 Å². The fraction of sp³-hybridized carbons (Fsp3) is 0.360. The minimum atomic E-state index is -4.91. The van der Waals surface area contributed by atoms with Crippen LogP contribution in [0.4, 0.5) is 18.9 Å². The molecule has 0 bridgehead atoms. The lowest BCUT2D eigenvalue weighted by Gasteiger charge is -2.41. The third kappa shape index (κ3) is 5.21. The zero-order chi connectivity index (χ0) is 24.7. The fourth-order valence-electron chi connectivity index (χ4n) is 4.23. The predicted molar refractivity (Wildman–Crippen MR) is 120 cm³/mol. The lowest BCUT2D eigenvalue weighted by Crippen LogP contribution is -2.45. The summed E-state index contributed by atoms with van der Waals surface area (Å²) in [5.74, 6) is -1.64. The van der Waals surface area contributed by atoms with Gasteiger partial charge in [0.2, 0.25) is 5.91 Å². The Morgan fingerprint density at radius 3 is 2.42 bits per heavy atom. The molecule has 1 N–H and O–H groups in total. The number of aliphatic carboxylic acids is 1. The molecule has 1 aliphatic heterocycles. The Morgan fingerprint density at radius 2 is 1.85 bits per heavy atom. The average molecular weight is 461 g/mol. The maximum atomic E-state index is 13.1. The summed E-state index contributed by atoms with van der Waals surface area (Å²) < 4.78 is 43.6. The number of benzene rings is 2. The van der Waals surface area contributed by atoms with E-state index in [2.05, 4.69) is 4.74 Å². The van der Waals surface area contributed by atoms with E-state index in [4.69, 9.17) is 5.11 Å². The van der Waals surface area contributed by atoms with Crippen molar-refractivity contribution in [1.82, 2.24) is 0 Å². The van der Waals surface area contributed by atoms with Crippen molar-refractivity contribution in [2.75, 3.05) is 4.90 Å². The fourth-order valence-corrected chi connectivity index (χ4v) is 4.23. The summed E-state index contributed by atoms with van der Waals surface area (Å²) in [6.07, 6.45) is -2.37. The number of aryl methyl sites for hydroxylation is 1. The second kappa shape index (κ2) is 8.57. The molecular weight excluding hydrogens is 435 g/mol. The van der Waals surface area contributed by atoms with Crippen molar-refractivity contribution in [3.63, 3.8) is 0 Å². The molecule has 0 aromatic heterocycles. The molecular formula is C25H26F3NO4. The van der Waals surface area contributed by atoms with Gasteiger partial charge in [0, 0.05) is 35.2 Å².